The first-order valence-electron chi connectivity index (χ1n) is 7.97. The van der Waals surface area contributed by atoms with Gasteiger partial charge in [-0.25, -0.2) is 5.01 Å². The summed E-state index contributed by atoms with van der Waals surface area (Å²) >= 11 is 0. The SMILES string of the molecule is CC(C)(N)CCc1ccc(C(=O)N2NC(=O)c3ccc2cc3)cc1. The molecule has 2 aromatic carbocycles. The van der Waals surface area contributed by atoms with Crippen molar-refractivity contribution in [3.05, 3.63) is 65.2 Å². The van der Waals surface area contributed by atoms with Crippen LogP contribution in [0, 0.1) is 0 Å². The van der Waals surface area contributed by atoms with Gasteiger partial charge in [-0.2, -0.15) is 0 Å². The predicted molar refractivity (Wildman–Crippen MR) is 93.7 cm³/mol. The van der Waals surface area contributed by atoms with Gasteiger partial charge in [0.2, 0.25) is 0 Å². The number of anilines is 1. The minimum absolute atomic E-state index is 0.211. The van der Waals surface area contributed by atoms with Gasteiger partial charge in [-0.3, -0.25) is 15.0 Å². The van der Waals surface area contributed by atoms with Gasteiger partial charge in [0, 0.05) is 16.7 Å². The number of hydrogen-bond donors (Lipinski definition) is 2. The second-order valence-electron chi connectivity index (χ2n) is 6.81. The fraction of sp³-hybridized carbons (Fsp3) is 0.263. The number of nitrogens with zero attached hydrogens (tertiary/aromatic N) is 1. The van der Waals surface area contributed by atoms with Crippen LogP contribution in [-0.2, 0) is 6.42 Å². The van der Waals surface area contributed by atoms with E-state index < -0.39 is 0 Å². The molecular weight excluding hydrogens is 302 g/mol. The monoisotopic (exact) mass is 323 g/mol. The Morgan fingerprint density at radius 1 is 1.08 bits per heavy atom. The molecule has 0 fully saturated rings. The first kappa shape index (κ1) is 16.2. The van der Waals surface area contributed by atoms with Crippen LogP contribution < -0.4 is 16.2 Å². The molecule has 0 aromatic heterocycles. The number of nitrogens with one attached hydrogen (secondary N) is 1. The molecule has 0 aliphatic carbocycles. The van der Waals surface area contributed by atoms with E-state index in [0.29, 0.717) is 16.8 Å². The summed E-state index contributed by atoms with van der Waals surface area (Å²) < 4.78 is 0. The summed E-state index contributed by atoms with van der Waals surface area (Å²) in [6.45, 7) is 4.00. The topological polar surface area (TPSA) is 75.4 Å². The molecule has 3 N–H and O–H groups in total. The minimum Gasteiger partial charge on any atom is -0.326 e. The highest BCUT2D eigenvalue weighted by Crippen LogP contribution is 2.21. The molecule has 0 spiro atoms. The van der Waals surface area contributed by atoms with Gasteiger partial charge in [-0.05, 0) is 68.7 Å². The van der Waals surface area contributed by atoms with Crippen LogP contribution in [0.25, 0.3) is 0 Å². The Balaban J connectivity index is 1.75. The molecule has 0 saturated carbocycles. The van der Waals surface area contributed by atoms with Crippen molar-refractivity contribution in [2.75, 3.05) is 5.01 Å². The van der Waals surface area contributed by atoms with E-state index in [-0.39, 0.29) is 17.4 Å². The van der Waals surface area contributed by atoms with Crippen LogP contribution in [0.4, 0.5) is 5.69 Å². The molecule has 2 aliphatic heterocycles. The Morgan fingerprint density at radius 3 is 2.29 bits per heavy atom. The maximum atomic E-state index is 12.7. The van der Waals surface area contributed by atoms with Gasteiger partial charge in [-0.1, -0.05) is 12.1 Å². The maximum Gasteiger partial charge on any atom is 0.277 e. The molecule has 2 aliphatic rings. The quantitative estimate of drug-likeness (QED) is 0.908. The number of aryl methyl sites for hydroxylation is 1. The van der Waals surface area contributed by atoms with Gasteiger partial charge in [-0.15, -0.1) is 0 Å². The third kappa shape index (κ3) is 3.46. The van der Waals surface area contributed by atoms with E-state index >= 15 is 0 Å². The average molecular weight is 323 g/mol. The van der Waals surface area contributed by atoms with E-state index in [1.807, 2.05) is 26.0 Å². The van der Waals surface area contributed by atoms with Crippen LogP contribution in [0.5, 0.6) is 0 Å². The van der Waals surface area contributed by atoms with Crippen molar-refractivity contribution in [2.45, 2.75) is 32.2 Å². The van der Waals surface area contributed by atoms with Crippen molar-refractivity contribution in [2.24, 2.45) is 5.73 Å². The Kier molecular flexibility index (Phi) is 4.11. The Morgan fingerprint density at radius 2 is 1.71 bits per heavy atom. The number of carbonyl (C=O) groups excluding carboxylic acids is 2. The van der Waals surface area contributed by atoms with Crippen LogP contribution in [0.3, 0.4) is 0 Å². The van der Waals surface area contributed by atoms with Gasteiger partial charge >= 0.3 is 0 Å². The summed E-state index contributed by atoms with van der Waals surface area (Å²) in [7, 11) is 0. The Hall–Kier alpha value is -2.66. The van der Waals surface area contributed by atoms with Crippen LogP contribution >= 0.6 is 0 Å². The molecular formula is C19H21N3O2. The van der Waals surface area contributed by atoms with Crippen LogP contribution in [-0.4, -0.2) is 17.4 Å². The zero-order valence-corrected chi connectivity index (χ0v) is 13.9. The number of fused-ring (bicyclic) bond motifs is 4. The van der Waals surface area contributed by atoms with Crippen molar-refractivity contribution >= 4 is 17.5 Å². The number of rotatable bonds is 4. The van der Waals surface area contributed by atoms with Crippen LogP contribution in [0.2, 0.25) is 0 Å². The highest BCUT2D eigenvalue weighted by Gasteiger charge is 2.24. The molecule has 5 heteroatoms. The summed E-state index contributed by atoms with van der Waals surface area (Å²) in [5, 5.41) is 1.29. The summed E-state index contributed by atoms with van der Waals surface area (Å²) in [4.78, 5) is 24.7. The fourth-order valence-corrected chi connectivity index (χ4v) is 2.57. The molecule has 2 aromatic rings. The minimum atomic E-state index is -0.287. The fourth-order valence-electron chi connectivity index (χ4n) is 2.57. The molecule has 124 valence electrons. The maximum absolute atomic E-state index is 12.7. The van der Waals surface area contributed by atoms with Gasteiger partial charge in [0.25, 0.3) is 11.8 Å². The molecule has 24 heavy (non-hydrogen) atoms. The second kappa shape index (κ2) is 6.09. The number of benzene rings is 2. The largest absolute Gasteiger partial charge is 0.326 e. The smallest absolute Gasteiger partial charge is 0.277 e. The molecule has 5 nitrogen and oxygen atoms in total. The molecule has 0 unspecified atom stereocenters. The summed E-state index contributed by atoms with van der Waals surface area (Å²) in [5.74, 6) is -0.549. The molecule has 0 atom stereocenters. The first-order chi connectivity index (χ1) is 11.3. The van der Waals surface area contributed by atoms with Crippen LogP contribution in [0.1, 0.15) is 46.5 Å². The van der Waals surface area contributed by atoms with Gasteiger partial charge in [0.05, 0.1) is 5.69 Å². The lowest BCUT2D eigenvalue weighted by atomic mass is 9.96. The zero-order valence-electron chi connectivity index (χ0n) is 13.9. The first-order valence-corrected chi connectivity index (χ1v) is 7.97. The number of nitrogens with two attached hydrogens (primary N) is 1. The van der Waals surface area contributed by atoms with E-state index in [0.717, 1.165) is 18.4 Å². The molecule has 2 amide bonds. The van der Waals surface area contributed by atoms with Crippen molar-refractivity contribution in [3.8, 4) is 0 Å². The molecule has 0 radical (unpaired) electrons. The highest BCUT2D eigenvalue weighted by molar-refractivity contribution is 6.10. The lowest BCUT2D eigenvalue weighted by Gasteiger charge is -2.21. The lowest BCUT2D eigenvalue weighted by molar-refractivity contribution is 0.0890. The highest BCUT2D eigenvalue weighted by atomic mass is 16.2. The summed E-state index contributed by atoms with van der Waals surface area (Å²) in [6.07, 6.45) is 1.73. The van der Waals surface area contributed by atoms with Crippen molar-refractivity contribution in [1.29, 1.82) is 0 Å². The second-order valence-corrected chi connectivity index (χ2v) is 6.81. The molecule has 2 bridgehead atoms. The summed E-state index contributed by atoms with van der Waals surface area (Å²) in [5.41, 5.74) is 11.3. The number of hydrogen-bond acceptors (Lipinski definition) is 3. The van der Waals surface area contributed by atoms with Gasteiger partial charge < -0.3 is 5.73 Å². The van der Waals surface area contributed by atoms with E-state index in [1.54, 1.807) is 36.4 Å². The van der Waals surface area contributed by atoms with Gasteiger partial charge in [0.15, 0.2) is 0 Å². The van der Waals surface area contributed by atoms with E-state index in [4.69, 9.17) is 5.73 Å². The number of carbonyl (C=O) groups is 2. The average Bonchev–Trinajstić information content (AvgIpc) is 2.81. The zero-order chi connectivity index (χ0) is 17.3. The summed E-state index contributed by atoms with van der Waals surface area (Å²) in [6, 6.07) is 14.3. The Labute approximate surface area is 141 Å². The predicted octanol–water partition coefficient (Wildman–Crippen LogP) is 2.66. The number of hydrazine groups is 1. The molecule has 2 heterocycles. The molecule has 0 saturated heterocycles. The Bertz CT molecular complexity index is 759. The molecule has 4 rings (SSSR count). The van der Waals surface area contributed by atoms with E-state index in [2.05, 4.69) is 5.43 Å². The van der Waals surface area contributed by atoms with Crippen LogP contribution in [0.15, 0.2) is 48.5 Å². The lowest BCUT2D eigenvalue weighted by Crippen LogP contribution is -2.45. The van der Waals surface area contributed by atoms with Gasteiger partial charge in [0.1, 0.15) is 0 Å². The van der Waals surface area contributed by atoms with Crippen molar-refractivity contribution < 1.29 is 9.59 Å². The number of amides is 2. The third-order valence-corrected chi connectivity index (χ3v) is 4.06. The van der Waals surface area contributed by atoms with Crippen molar-refractivity contribution in [3.63, 3.8) is 0 Å². The van der Waals surface area contributed by atoms with Crippen molar-refractivity contribution in [1.82, 2.24) is 5.43 Å². The standard InChI is InChI=1S/C19H21N3O2/c1-19(2,20)12-11-13-3-5-15(6-4-13)18(24)22-16-9-7-14(8-10-16)17(23)21-22/h3-10H,11-12,20H2,1-2H3,(H,21,23). The van der Waals surface area contributed by atoms with E-state index in [9.17, 15) is 9.59 Å². The normalized spacial score (nSPS) is 13.6. The third-order valence-electron chi connectivity index (χ3n) is 4.06. The van der Waals surface area contributed by atoms with E-state index in [1.165, 1.54) is 5.01 Å².